The average Bonchev–Trinajstić information content (AvgIpc) is 3.36. The van der Waals surface area contributed by atoms with Crippen LogP contribution in [0.25, 0.3) is 11.3 Å². The lowest BCUT2D eigenvalue weighted by Crippen LogP contribution is -2.43. The standard InChI is InChI=1S/C34H34N6O2/c1-39-16-18-40(19-17-39)23-25-9-12-28(13-10-25)37-32(27-8-5-15-35-22-27)31-29-20-26(11-14-30(29)38-34(31)42)33(41)36-21-24-6-3-2-4-7-24/h2-15,20,22,37H,16-19,21,23H2,1H3,(H,36,41)(H,38,42)/b32-31-. The molecular weight excluding hydrogens is 524 g/mol. The van der Waals surface area contributed by atoms with Crippen LogP contribution in [0.15, 0.2) is 97.3 Å². The van der Waals surface area contributed by atoms with Crippen LogP contribution in [0, 0.1) is 0 Å². The van der Waals surface area contributed by atoms with Crippen molar-refractivity contribution >= 4 is 34.5 Å². The third kappa shape index (κ3) is 6.25. The molecule has 0 radical (unpaired) electrons. The smallest absolute Gasteiger partial charge is 0.258 e. The van der Waals surface area contributed by atoms with Crippen molar-refractivity contribution in [2.24, 2.45) is 0 Å². The number of amides is 2. The van der Waals surface area contributed by atoms with Crippen molar-refractivity contribution in [2.45, 2.75) is 13.1 Å². The molecule has 0 atom stereocenters. The van der Waals surface area contributed by atoms with E-state index in [0.717, 1.165) is 49.5 Å². The van der Waals surface area contributed by atoms with Crippen LogP contribution in [0.1, 0.15) is 32.6 Å². The number of nitrogens with zero attached hydrogens (tertiary/aromatic N) is 3. The minimum absolute atomic E-state index is 0.202. The second-order valence-electron chi connectivity index (χ2n) is 10.8. The molecule has 6 rings (SSSR count). The van der Waals surface area contributed by atoms with E-state index in [0.29, 0.717) is 34.6 Å². The van der Waals surface area contributed by atoms with Gasteiger partial charge in [-0.3, -0.25) is 19.5 Å². The molecule has 2 aliphatic rings. The molecule has 0 bridgehead atoms. The molecule has 1 fully saturated rings. The average molecular weight is 559 g/mol. The molecule has 0 aliphatic carbocycles. The van der Waals surface area contributed by atoms with Gasteiger partial charge < -0.3 is 20.9 Å². The molecule has 1 aromatic heterocycles. The van der Waals surface area contributed by atoms with Gasteiger partial charge in [-0.05, 0) is 60.6 Å². The summed E-state index contributed by atoms with van der Waals surface area (Å²) in [5.74, 6) is -0.433. The Bertz CT molecular complexity index is 1590. The maximum Gasteiger partial charge on any atom is 0.258 e. The fourth-order valence-electron chi connectivity index (χ4n) is 5.33. The van der Waals surface area contributed by atoms with E-state index in [-0.39, 0.29) is 11.8 Å². The Morgan fingerprint density at radius 3 is 2.40 bits per heavy atom. The van der Waals surface area contributed by atoms with Crippen molar-refractivity contribution in [3.63, 3.8) is 0 Å². The highest BCUT2D eigenvalue weighted by atomic mass is 16.2. The summed E-state index contributed by atoms with van der Waals surface area (Å²) >= 11 is 0. The van der Waals surface area contributed by atoms with Crippen molar-refractivity contribution in [1.29, 1.82) is 0 Å². The number of anilines is 2. The number of carbonyl (C=O) groups is 2. The van der Waals surface area contributed by atoms with Crippen LogP contribution in [0.4, 0.5) is 11.4 Å². The predicted molar refractivity (Wildman–Crippen MR) is 167 cm³/mol. The lowest BCUT2D eigenvalue weighted by molar-refractivity contribution is -0.110. The van der Waals surface area contributed by atoms with Gasteiger partial charge in [0.25, 0.3) is 11.8 Å². The number of carbonyl (C=O) groups excluding carboxylic acids is 2. The van der Waals surface area contributed by atoms with Crippen LogP contribution in [0.2, 0.25) is 0 Å². The first-order valence-electron chi connectivity index (χ1n) is 14.2. The van der Waals surface area contributed by atoms with Crippen molar-refractivity contribution in [3.05, 3.63) is 125 Å². The molecule has 4 aromatic rings. The number of piperazine rings is 1. The normalized spacial score (nSPS) is 16.5. The lowest BCUT2D eigenvalue weighted by Gasteiger charge is -2.32. The second-order valence-corrected chi connectivity index (χ2v) is 10.8. The maximum atomic E-state index is 13.4. The zero-order valence-corrected chi connectivity index (χ0v) is 23.6. The minimum atomic E-state index is -0.232. The molecule has 1 saturated heterocycles. The fraction of sp³-hybridized carbons (Fsp3) is 0.206. The molecule has 2 aliphatic heterocycles. The van der Waals surface area contributed by atoms with Gasteiger partial charge in [-0.1, -0.05) is 42.5 Å². The number of fused-ring (bicyclic) bond motifs is 1. The molecule has 8 heteroatoms. The topological polar surface area (TPSA) is 89.6 Å². The minimum Gasteiger partial charge on any atom is -0.354 e. The second kappa shape index (κ2) is 12.4. The number of rotatable bonds is 8. The highest BCUT2D eigenvalue weighted by Crippen LogP contribution is 2.38. The summed E-state index contributed by atoms with van der Waals surface area (Å²) in [6.07, 6.45) is 3.44. The molecule has 0 spiro atoms. The van der Waals surface area contributed by atoms with E-state index in [2.05, 4.69) is 49.9 Å². The van der Waals surface area contributed by atoms with Gasteiger partial charge in [0.1, 0.15) is 0 Å². The largest absolute Gasteiger partial charge is 0.354 e. The highest BCUT2D eigenvalue weighted by molar-refractivity contribution is 6.37. The first-order valence-corrected chi connectivity index (χ1v) is 14.2. The number of hydrogen-bond acceptors (Lipinski definition) is 6. The van der Waals surface area contributed by atoms with Crippen molar-refractivity contribution in [3.8, 4) is 0 Å². The number of aromatic nitrogens is 1. The zero-order chi connectivity index (χ0) is 28.9. The highest BCUT2D eigenvalue weighted by Gasteiger charge is 2.29. The zero-order valence-electron chi connectivity index (χ0n) is 23.6. The SMILES string of the molecule is CN1CCN(Cc2ccc(N/C(=C3\C(=O)Nc4ccc(C(=O)NCc5ccccc5)cc43)c3cccnc3)cc2)CC1. The van der Waals surface area contributed by atoms with Crippen LogP contribution in [-0.2, 0) is 17.9 Å². The van der Waals surface area contributed by atoms with Crippen LogP contribution in [0.3, 0.4) is 0 Å². The molecule has 3 aromatic carbocycles. The van der Waals surface area contributed by atoms with Gasteiger partial charge in [0.2, 0.25) is 0 Å². The molecule has 8 nitrogen and oxygen atoms in total. The fourth-order valence-corrected chi connectivity index (χ4v) is 5.33. The lowest BCUT2D eigenvalue weighted by atomic mass is 9.98. The Kier molecular flexibility index (Phi) is 8.07. The number of hydrogen-bond donors (Lipinski definition) is 3. The van der Waals surface area contributed by atoms with Gasteiger partial charge in [0.15, 0.2) is 0 Å². The van der Waals surface area contributed by atoms with E-state index in [1.165, 1.54) is 5.56 Å². The van der Waals surface area contributed by atoms with Crippen molar-refractivity contribution < 1.29 is 9.59 Å². The molecule has 0 saturated carbocycles. The van der Waals surface area contributed by atoms with Crippen LogP contribution >= 0.6 is 0 Å². The Labute approximate surface area is 246 Å². The number of nitrogens with one attached hydrogen (secondary N) is 3. The summed E-state index contributed by atoms with van der Waals surface area (Å²) in [6, 6.07) is 27.2. The molecule has 42 heavy (non-hydrogen) atoms. The Balaban J connectivity index is 1.27. The maximum absolute atomic E-state index is 13.4. The van der Waals surface area contributed by atoms with Gasteiger partial charge in [0.05, 0.1) is 11.3 Å². The summed E-state index contributed by atoms with van der Waals surface area (Å²) in [5, 5.41) is 9.44. The number of likely N-dealkylation sites (N-methyl/N-ethyl adjacent to an activating group) is 1. The van der Waals surface area contributed by atoms with E-state index < -0.39 is 0 Å². The van der Waals surface area contributed by atoms with E-state index in [1.807, 2.05) is 54.6 Å². The summed E-state index contributed by atoms with van der Waals surface area (Å²) in [6.45, 7) is 5.63. The van der Waals surface area contributed by atoms with Gasteiger partial charge in [-0.2, -0.15) is 0 Å². The van der Waals surface area contributed by atoms with E-state index in [9.17, 15) is 9.59 Å². The monoisotopic (exact) mass is 558 g/mol. The molecular formula is C34H34N6O2. The van der Waals surface area contributed by atoms with Gasteiger partial charge >= 0.3 is 0 Å². The molecule has 3 N–H and O–H groups in total. The predicted octanol–water partition coefficient (Wildman–Crippen LogP) is 4.69. The summed E-state index contributed by atoms with van der Waals surface area (Å²) in [4.78, 5) is 35.6. The van der Waals surface area contributed by atoms with Crippen LogP contribution in [-0.4, -0.2) is 59.8 Å². The van der Waals surface area contributed by atoms with Gasteiger partial charge in [-0.25, -0.2) is 0 Å². The Morgan fingerprint density at radius 1 is 0.881 bits per heavy atom. The van der Waals surface area contributed by atoms with Crippen LogP contribution in [0.5, 0.6) is 0 Å². The number of pyridine rings is 1. The summed E-state index contributed by atoms with van der Waals surface area (Å²) in [5.41, 5.74) is 6.82. The van der Waals surface area contributed by atoms with Crippen LogP contribution < -0.4 is 16.0 Å². The first kappa shape index (κ1) is 27.4. The van der Waals surface area contributed by atoms with Crippen molar-refractivity contribution in [2.75, 3.05) is 43.9 Å². The van der Waals surface area contributed by atoms with Crippen molar-refractivity contribution in [1.82, 2.24) is 20.1 Å². The summed E-state index contributed by atoms with van der Waals surface area (Å²) < 4.78 is 0. The van der Waals surface area contributed by atoms with Gasteiger partial charge in [-0.15, -0.1) is 0 Å². The Hall–Kier alpha value is -4.79. The third-order valence-corrected chi connectivity index (χ3v) is 7.75. The van der Waals surface area contributed by atoms with E-state index in [4.69, 9.17) is 0 Å². The van der Waals surface area contributed by atoms with E-state index >= 15 is 0 Å². The Morgan fingerprint density at radius 2 is 1.67 bits per heavy atom. The first-order chi connectivity index (χ1) is 20.5. The molecule has 2 amide bonds. The molecule has 3 heterocycles. The van der Waals surface area contributed by atoms with Gasteiger partial charge in [0, 0.05) is 79.7 Å². The quantitative estimate of drug-likeness (QED) is 0.272. The van der Waals surface area contributed by atoms with E-state index in [1.54, 1.807) is 30.6 Å². The number of benzene rings is 3. The summed E-state index contributed by atoms with van der Waals surface area (Å²) in [7, 11) is 2.16. The third-order valence-electron chi connectivity index (χ3n) is 7.75. The molecule has 212 valence electrons. The molecule has 0 unspecified atom stereocenters.